The lowest BCUT2D eigenvalue weighted by molar-refractivity contribution is -0.121. The maximum Gasteiger partial charge on any atom is 0.224 e. The molecule has 3 nitrogen and oxygen atoms in total. The average Bonchev–Trinajstić information content (AvgIpc) is 2.39. The molecule has 1 aliphatic carbocycles. The van der Waals surface area contributed by atoms with E-state index in [0.717, 1.165) is 37.2 Å². The zero-order valence-electron chi connectivity index (χ0n) is 10.9. The van der Waals surface area contributed by atoms with Crippen molar-refractivity contribution in [2.75, 3.05) is 18.1 Å². The number of allylic oxidation sites excluding steroid dienone is 1. The highest BCUT2D eigenvalue weighted by Crippen LogP contribution is 2.26. The second-order valence-electron chi connectivity index (χ2n) is 5.40. The van der Waals surface area contributed by atoms with Crippen LogP contribution in [0.25, 0.3) is 0 Å². The van der Waals surface area contributed by atoms with Gasteiger partial charge in [0.15, 0.2) is 0 Å². The molecule has 1 heterocycles. The molecule has 2 N–H and O–H groups in total. The van der Waals surface area contributed by atoms with Gasteiger partial charge in [0.25, 0.3) is 0 Å². The summed E-state index contributed by atoms with van der Waals surface area (Å²) in [7, 11) is 0. The predicted octanol–water partition coefficient (Wildman–Crippen LogP) is 2.25. The van der Waals surface area contributed by atoms with Gasteiger partial charge in [0.2, 0.25) is 5.91 Å². The minimum absolute atomic E-state index is 0.0646. The highest BCUT2D eigenvalue weighted by atomic mass is 32.2. The van der Waals surface area contributed by atoms with Gasteiger partial charge >= 0.3 is 0 Å². The topological polar surface area (TPSA) is 49.3 Å². The highest BCUT2D eigenvalue weighted by Gasteiger charge is 2.29. The van der Waals surface area contributed by atoms with Crippen molar-refractivity contribution in [3.8, 4) is 0 Å². The molecule has 0 atom stereocenters. The Morgan fingerprint density at radius 2 is 2.17 bits per heavy atom. The molecule has 0 bridgehead atoms. The summed E-state index contributed by atoms with van der Waals surface area (Å²) in [4.78, 5) is 11.8. The van der Waals surface area contributed by atoms with Gasteiger partial charge in [-0.1, -0.05) is 11.6 Å². The van der Waals surface area contributed by atoms with Crippen LogP contribution in [0.4, 0.5) is 0 Å². The smallest absolute Gasteiger partial charge is 0.224 e. The lowest BCUT2D eigenvalue weighted by atomic mass is 9.95. The molecule has 18 heavy (non-hydrogen) atoms. The monoisotopic (exact) mass is 269 g/mol. The second-order valence-corrected chi connectivity index (χ2v) is 6.62. The molecular weight excluding hydrogens is 246 g/mol. The van der Waals surface area contributed by atoms with Gasteiger partial charge in [0, 0.05) is 13.0 Å². The van der Waals surface area contributed by atoms with Crippen molar-refractivity contribution in [2.24, 2.45) is 0 Å². The molecule has 0 spiro atoms. The number of rotatable bonds is 4. The van der Waals surface area contributed by atoms with E-state index in [1.165, 1.54) is 18.4 Å². The summed E-state index contributed by atoms with van der Waals surface area (Å²) in [6.07, 6.45) is 8.95. The van der Waals surface area contributed by atoms with Gasteiger partial charge in [-0.25, -0.2) is 0 Å². The second kappa shape index (κ2) is 6.62. The Kier molecular flexibility index (Phi) is 5.13. The van der Waals surface area contributed by atoms with Gasteiger partial charge < -0.3 is 10.4 Å². The first-order chi connectivity index (χ1) is 8.68. The van der Waals surface area contributed by atoms with Crippen LogP contribution in [0, 0.1) is 0 Å². The molecule has 0 aromatic carbocycles. The van der Waals surface area contributed by atoms with E-state index in [-0.39, 0.29) is 5.91 Å². The van der Waals surface area contributed by atoms with E-state index >= 15 is 0 Å². The normalized spacial score (nSPS) is 23.3. The molecule has 1 fully saturated rings. The lowest BCUT2D eigenvalue weighted by Crippen LogP contribution is -2.45. The molecule has 1 amide bonds. The molecule has 102 valence electrons. The molecule has 1 aliphatic heterocycles. The quantitative estimate of drug-likeness (QED) is 0.770. The summed E-state index contributed by atoms with van der Waals surface area (Å²) in [6, 6.07) is 0. The molecule has 0 radical (unpaired) electrons. The van der Waals surface area contributed by atoms with Crippen molar-refractivity contribution in [3.63, 3.8) is 0 Å². The largest absolute Gasteiger partial charge is 0.388 e. The fourth-order valence-corrected chi connectivity index (χ4v) is 3.78. The number of carbonyl (C=O) groups is 1. The van der Waals surface area contributed by atoms with Crippen molar-refractivity contribution in [1.82, 2.24) is 5.32 Å². The number of thioether (sulfide) groups is 1. The minimum Gasteiger partial charge on any atom is -0.388 e. The van der Waals surface area contributed by atoms with Crippen LogP contribution in [0.15, 0.2) is 11.6 Å². The average molecular weight is 269 g/mol. The summed E-state index contributed by atoms with van der Waals surface area (Å²) in [6.45, 7) is 0.416. The molecule has 0 saturated carbocycles. The van der Waals surface area contributed by atoms with E-state index in [0.29, 0.717) is 13.0 Å². The van der Waals surface area contributed by atoms with Gasteiger partial charge in [-0.05, 0) is 50.0 Å². The van der Waals surface area contributed by atoms with Crippen molar-refractivity contribution in [3.05, 3.63) is 11.6 Å². The summed E-state index contributed by atoms with van der Waals surface area (Å²) in [5, 5.41) is 13.2. The van der Waals surface area contributed by atoms with Crippen LogP contribution in [0.3, 0.4) is 0 Å². The maximum atomic E-state index is 11.8. The fourth-order valence-electron chi connectivity index (χ4n) is 2.53. The van der Waals surface area contributed by atoms with Crippen LogP contribution in [0.2, 0.25) is 0 Å². The Morgan fingerprint density at radius 3 is 2.83 bits per heavy atom. The Bertz CT molecular complexity index is 322. The molecule has 4 heteroatoms. The summed E-state index contributed by atoms with van der Waals surface area (Å²) < 4.78 is 0. The van der Waals surface area contributed by atoms with Gasteiger partial charge in [-0.15, -0.1) is 0 Å². The van der Waals surface area contributed by atoms with Crippen LogP contribution >= 0.6 is 11.8 Å². The van der Waals surface area contributed by atoms with Gasteiger partial charge in [-0.3, -0.25) is 4.79 Å². The first-order valence-corrected chi connectivity index (χ1v) is 8.08. The van der Waals surface area contributed by atoms with Crippen molar-refractivity contribution >= 4 is 17.7 Å². The van der Waals surface area contributed by atoms with Crippen molar-refractivity contribution in [1.29, 1.82) is 0 Å². The molecule has 1 saturated heterocycles. The fraction of sp³-hybridized carbons (Fsp3) is 0.786. The van der Waals surface area contributed by atoms with Crippen molar-refractivity contribution in [2.45, 2.75) is 50.5 Å². The number of aliphatic hydroxyl groups is 1. The first kappa shape index (κ1) is 13.9. The summed E-state index contributed by atoms with van der Waals surface area (Å²) >= 11 is 1.88. The van der Waals surface area contributed by atoms with E-state index in [9.17, 15) is 9.90 Å². The van der Waals surface area contributed by atoms with Crippen molar-refractivity contribution < 1.29 is 9.90 Å². The number of nitrogens with one attached hydrogen (secondary N) is 1. The molecule has 0 unspecified atom stereocenters. The predicted molar refractivity (Wildman–Crippen MR) is 75.7 cm³/mol. The third kappa shape index (κ3) is 4.32. The Balaban J connectivity index is 1.72. The van der Waals surface area contributed by atoms with Crippen LogP contribution in [0.5, 0.6) is 0 Å². The molecular formula is C14H23NO2S. The number of carbonyl (C=O) groups excluding carboxylic acids is 1. The third-order valence-corrected chi connectivity index (χ3v) is 4.80. The maximum absolute atomic E-state index is 11.8. The Morgan fingerprint density at radius 1 is 1.39 bits per heavy atom. The van der Waals surface area contributed by atoms with E-state index in [1.54, 1.807) is 0 Å². The van der Waals surface area contributed by atoms with E-state index in [4.69, 9.17) is 0 Å². The van der Waals surface area contributed by atoms with E-state index < -0.39 is 5.60 Å². The highest BCUT2D eigenvalue weighted by molar-refractivity contribution is 7.99. The van der Waals surface area contributed by atoms with Gasteiger partial charge in [0.1, 0.15) is 0 Å². The van der Waals surface area contributed by atoms with E-state index in [1.807, 2.05) is 11.8 Å². The molecule has 0 aromatic heterocycles. The molecule has 2 aliphatic rings. The van der Waals surface area contributed by atoms with Crippen LogP contribution in [0.1, 0.15) is 44.9 Å². The van der Waals surface area contributed by atoms with Crippen LogP contribution in [-0.4, -0.2) is 34.7 Å². The first-order valence-electron chi connectivity index (χ1n) is 6.93. The summed E-state index contributed by atoms with van der Waals surface area (Å²) in [5.74, 6) is 2.06. The molecule has 2 rings (SSSR count). The zero-order chi connectivity index (χ0) is 12.8. The number of hydrogen-bond acceptors (Lipinski definition) is 3. The molecule has 0 aromatic rings. The van der Waals surface area contributed by atoms with Gasteiger partial charge in [0.05, 0.1) is 5.60 Å². The number of amides is 1. The van der Waals surface area contributed by atoms with E-state index in [2.05, 4.69) is 11.4 Å². The van der Waals surface area contributed by atoms with Crippen LogP contribution in [-0.2, 0) is 4.79 Å². The Labute approximate surface area is 113 Å². The SMILES string of the molecule is O=C(CC1=CCCCC1)NCC1(O)CCSCC1. The third-order valence-electron chi connectivity index (χ3n) is 3.81. The standard InChI is InChI=1S/C14H23NO2S/c16-13(10-12-4-2-1-3-5-12)15-11-14(17)6-8-18-9-7-14/h4,17H,1-3,5-11H2,(H,15,16). The Hall–Kier alpha value is -0.480. The van der Waals surface area contributed by atoms with Crippen LogP contribution < -0.4 is 5.32 Å². The zero-order valence-corrected chi connectivity index (χ0v) is 11.7. The number of hydrogen-bond donors (Lipinski definition) is 2. The minimum atomic E-state index is -0.665. The lowest BCUT2D eigenvalue weighted by Gasteiger charge is -2.31. The summed E-state index contributed by atoms with van der Waals surface area (Å²) in [5.41, 5.74) is 0.604. The van der Waals surface area contributed by atoms with Gasteiger partial charge in [-0.2, -0.15) is 11.8 Å².